The fourth-order valence-corrected chi connectivity index (χ4v) is 5.94. The summed E-state index contributed by atoms with van der Waals surface area (Å²) >= 11 is 0. The number of carbonyl (C=O) groups is 2. The number of hydrogen-bond acceptors (Lipinski definition) is 7. The fourth-order valence-electron chi connectivity index (χ4n) is 5.20. The van der Waals surface area contributed by atoms with E-state index in [1.165, 1.54) is 70.6 Å². The number of rotatable bonds is 36. The fraction of sp³-hybridized carbons (Fsp3) is 0.805. The topological polar surface area (TPSA) is 108 Å². The van der Waals surface area contributed by atoms with Crippen LogP contribution in [-0.2, 0) is 32.7 Å². The van der Waals surface area contributed by atoms with Crippen molar-refractivity contribution in [2.24, 2.45) is 0 Å². The second-order valence-corrected chi connectivity index (χ2v) is 16.1. The van der Waals surface area contributed by atoms with Gasteiger partial charge in [-0.05, 0) is 51.4 Å². The summed E-state index contributed by atoms with van der Waals surface area (Å²) < 4.78 is 34.1. The first-order chi connectivity index (χ1) is 24.5. The number of nitrogens with zero attached hydrogens (tertiary/aromatic N) is 1. The molecule has 0 amide bonds. The first-order valence-corrected chi connectivity index (χ1v) is 21.7. The Balaban J connectivity index is 4.41. The first kappa shape index (κ1) is 49.2. The highest BCUT2D eigenvalue weighted by Gasteiger charge is 2.27. The molecule has 0 aromatic carbocycles. The van der Waals surface area contributed by atoms with Gasteiger partial charge in [0, 0.05) is 12.8 Å². The Morgan fingerprint density at radius 2 is 1.06 bits per heavy atom. The van der Waals surface area contributed by atoms with Crippen LogP contribution in [0.25, 0.3) is 0 Å². The number of unbranched alkanes of at least 4 members (excludes halogenated alkanes) is 16. The summed E-state index contributed by atoms with van der Waals surface area (Å²) in [6.45, 7) is 4.34. The van der Waals surface area contributed by atoms with Crippen molar-refractivity contribution in [3.63, 3.8) is 0 Å². The Morgan fingerprint density at radius 1 is 0.608 bits per heavy atom. The summed E-state index contributed by atoms with van der Waals surface area (Å²) in [5, 5.41) is 0. The maximum atomic E-state index is 12.6. The van der Waals surface area contributed by atoms with Gasteiger partial charge in [-0.3, -0.25) is 18.6 Å². The Hall–Kier alpha value is -1.77. The number of hydrogen-bond donors (Lipinski definition) is 1. The third-order valence-corrected chi connectivity index (χ3v) is 9.41. The standard InChI is InChI=1S/C41H76NO8P/c1-6-8-10-12-14-16-18-19-20-21-22-23-24-26-27-29-31-33-40(43)47-37-39(38-49-51(45,46)48-36-35-42(3,4)5)50-41(44)34-32-30-28-25-17-15-13-11-9-7-2/h14,16,19-20,22-23,39H,6-13,15,17-18,21,24-38H2,1-5H3/p+1/b16-14+,20-19+,23-22+/t39-/m0/s1. The Labute approximate surface area is 312 Å². The van der Waals surface area contributed by atoms with Crippen molar-refractivity contribution in [2.75, 3.05) is 47.5 Å². The van der Waals surface area contributed by atoms with Crippen LogP contribution >= 0.6 is 7.82 Å². The van der Waals surface area contributed by atoms with E-state index in [1.54, 1.807) is 0 Å². The highest BCUT2D eigenvalue weighted by Crippen LogP contribution is 2.43. The Kier molecular flexibility index (Phi) is 32.8. The summed E-state index contributed by atoms with van der Waals surface area (Å²) in [5.41, 5.74) is 0. The van der Waals surface area contributed by atoms with Gasteiger partial charge in [0.05, 0.1) is 27.7 Å². The minimum Gasteiger partial charge on any atom is -0.462 e. The van der Waals surface area contributed by atoms with E-state index in [9.17, 15) is 19.0 Å². The summed E-state index contributed by atoms with van der Waals surface area (Å²) in [6, 6.07) is 0. The lowest BCUT2D eigenvalue weighted by Gasteiger charge is -2.24. The van der Waals surface area contributed by atoms with Crippen LogP contribution in [0.15, 0.2) is 36.5 Å². The summed E-state index contributed by atoms with van der Waals surface area (Å²) in [4.78, 5) is 35.2. The molecule has 10 heteroatoms. The van der Waals surface area contributed by atoms with Gasteiger partial charge < -0.3 is 18.9 Å². The Bertz CT molecular complexity index is 975. The van der Waals surface area contributed by atoms with Crippen molar-refractivity contribution in [3.05, 3.63) is 36.5 Å². The monoisotopic (exact) mass is 743 g/mol. The summed E-state index contributed by atoms with van der Waals surface area (Å²) in [7, 11) is 1.46. The van der Waals surface area contributed by atoms with Gasteiger partial charge in [-0.15, -0.1) is 0 Å². The van der Waals surface area contributed by atoms with Crippen molar-refractivity contribution in [1.29, 1.82) is 0 Å². The molecule has 298 valence electrons. The van der Waals surface area contributed by atoms with Gasteiger partial charge in [0.2, 0.25) is 0 Å². The largest absolute Gasteiger partial charge is 0.472 e. The quantitative estimate of drug-likeness (QED) is 0.0222. The van der Waals surface area contributed by atoms with E-state index in [-0.39, 0.29) is 32.0 Å². The normalized spacial score (nSPS) is 14.1. The third kappa shape index (κ3) is 37.8. The van der Waals surface area contributed by atoms with Gasteiger partial charge in [-0.2, -0.15) is 0 Å². The number of carbonyl (C=O) groups excluding carboxylic acids is 2. The second kappa shape index (κ2) is 34.0. The number of likely N-dealkylation sites (N-methyl/N-ethyl adjacent to an activating group) is 1. The number of allylic oxidation sites excluding steroid dienone is 6. The minimum atomic E-state index is -4.37. The molecule has 1 N–H and O–H groups in total. The van der Waals surface area contributed by atoms with Crippen molar-refractivity contribution >= 4 is 19.8 Å². The molecular formula is C41H77NO8P+. The van der Waals surface area contributed by atoms with Crippen molar-refractivity contribution in [1.82, 2.24) is 0 Å². The van der Waals surface area contributed by atoms with Gasteiger partial charge in [0.15, 0.2) is 6.10 Å². The average Bonchev–Trinajstić information content (AvgIpc) is 3.07. The van der Waals surface area contributed by atoms with Gasteiger partial charge in [-0.25, -0.2) is 4.57 Å². The van der Waals surface area contributed by atoms with Gasteiger partial charge in [0.1, 0.15) is 19.8 Å². The van der Waals surface area contributed by atoms with Gasteiger partial charge in [-0.1, -0.05) is 134 Å². The lowest BCUT2D eigenvalue weighted by Crippen LogP contribution is -2.37. The molecular weight excluding hydrogens is 665 g/mol. The molecule has 0 rings (SSSR count). The van der Waals surface area contributed by atoms with Crippen molar-refractivity contribution in [3.8, 4) is 0 Å². The molecule has 0 aliphatic rings. The van der Waals surface area contributed by atoms with Crippen LogP contribution in [0, 0.1) is 0 Å². The highest BCUT2D eigenvalue weighted by atomic mass is 31.2. The average molecular weight is 743 g/mol. The molecule has 0 aromatic rings. The van der Waals surface area contributed by atoms with Crippen LogP contribution in [0.1, 0.15) is 162 Å². The molecule has 2 atom stereocenters. The van der Waals surface area contributed by atoms with E-state index >= 15 is 0 Å². The Morgan fingerprint density at radius 3 is 1.61 bits per heavy atom. The zero-order valence-corrected chi connectivity index (χ0v) is 34.2. The molecule has 0 aliphatic heterocycles. The lowest BCUT2D eigenvalue weighted by molar-refractivity contribution is -0.870. The van der Waals surface area contributed by atoms with Crippen LogP contribution in [0.2, 0.25) is 0 Å². The molecule has 0 saturated carbocycles. The van der Waals surface area contributed by atoms with Crippen LogP contribution in [0.4, 0.5) is 0 Å². The molecule has 1 unspecified atom stereocenters. The minimum absolute atomic E-state index is 0.0282. The predicted octanol–water partition coefficient (Wildman–Crippen LogP) is 11.0. The van der Waals surface area contributed by atoms with Gasteiger partial charge in [0.25, 0.3) is 0 Å². The number of ether oxygens (including phenoxy) is 2. The van der Waals surface area contributed by atoms with Crippen molar-refractivity contribution in [2.45, 2.75) is 168 Å². The molecule has 0 bridgehead atoms. The number of quaternary nitrogens is 1. The SMILES string of the molecule is CCCCC/C=C/C/C=C/C/C=C/CCCCCCC(=O)OC[C@@H](COP(=O)(O)OCC[N+](C)(C)C)OC(=O)CCCCCCCCCCCC. The molecule has 0 radical (unpaired) electrons. The number of esters is 2. The zero-order valence-electron chi connectivity index (χ0n) is 33.3. The highest BCUT2D eigenvalue weighted by molar-refractivity contribution is 7.47. The second-order valence-electron chi connectivity index (χ2n) is 14.7. The summed E-state index contributed by atoms with van der Waals surface area (Å²) in [5.74, 6) is -0.826. The molecule has 9 nitrogen and oxygen atoms in total. The third-order valence-electron chi connectivity index (χ3n) is 8.42. The van der Waals surface area contributed by atoms with Crippen LogP contribution in [0.3, 0.4) is 0 Å². The smallest absolute Gasteiger partial charge is 0.462 e. The van der Waals surface area contributed by atoms with Gasteiger partial charge >= 0.3 is 19.8 Å². The number of phosphoric ester groups is 1. The maximum Gasteiger partial charge on any atom is 0.472 e. The van der Waals surface area contributed by atoms with Crippen LogP contribution in [-0.4, -0.2) is 74.9 Å². The van der Waals surface area contributed by atoms with E-state index in [2.05, 4.69) is 50.3 Å². The van der Waals surface area contributed by atoms with E-state index in [4.69, 9.17) is 18.5 Å². The van der Waals surface area contributed by atoms with E-state index in [1.807, 2.05) is 21.1 Å². The lowest BCUT2D eigenvalue weighted by atomic mass is 10.1. The van der Waals surface area contributed by atoms with Crippen molar-refractivity contribution < 1.29 is 42.1 Å². The number of phosphoric acid groups is 1. The molecule has 0 aliphatic carbocycles. The molecule has 0 saturated heterocycles. The van der Waals surface area contributed by atoms with E-state index in [0.717, 1.165) is 51.4 Å². The zero-order chi connectivity index (χ0) is 37.9. The van der Waals surface area contributed by atoms with Crippen LogP contribution < -0.4 is 0 Å². The molecule has 51 heavy (non-hydrogen) atoms. The van der Waals surface area contributed by atoms with Crippen LogP contribution in [0.5, 0.6) is 0 Å². The predicted molar refractivity (Wildman–Crippen MR) is 210 cm³/mol. The van der Waals surface area contributed by atoms with E-state index < -0.39 is 26.5 Å². The first-order valence-electron chi connectivity index (χ1n) is 20.2. The maximum absolute atomic E-state index is 12.6. The van der Waals surface area contributed by atoms with E-state index in [0.29, 0.717) is 23.9 Å². The summed E-state index contributed by atoms with van der Waals surface area (Å²) in [6.07, 6.45) is 36.2. The molecule has 0 spiro atoms. The molecule has 0 heterocycles. The molecule has 0 fully saturated rings. The molecule has 0 aromatic heterocycles.